The van der Waals surface area contributed by atoms with E-state index in [4.69, 9.17) is 9.47 Å². The molecule has 2 aromatic carbocycles. The van der Waals surface area contributed by atoms with Gasteiger partial charge in [0.05, 0.1) is 0 Å². The van der Waals surface area contributed by atoms with E-state index in [1.807, 2.05) is 18.3 Å². The summed E-state index contributed by atoms with van der Waals surface area (Å²) >= 11 is 0. The van der Waals surface area contributed by atoms with Gasteiger partial charge in [0.1, 0.15) is 0 Å². The maximum Gasteiger partial charge on any atom is 0.231 e. The fourth-order valence-electron chi connectivity index (χ4n) is 2.61. The van der Waals surface area contributed by atoms with Crippen molar-refractivity contribution in [2.24, 2.45) is 0 Å². The van der Waals surface area contributed by atoms with E-state index in [0.717, 1.165) is 24.6 Å². The summed E-state index contributed by atoms with van der Waals surface area (Å²) in [7, 11) is 0. The minimum atomic E-state index is 0. The second-order valence-electron chi connectivity index (χ2n) is 5.19. The summed E-state index contributed by atoms with van der Waals surface area (Å²) < 4.78 is 10.7. The van der Waals surface area contributed by atoms with Gasteiger partial charge in [-0.15, -0.1) is 12.4 Å². The van der Waals surface area contributed by atoms with Crippen LogP contribution >= 0.6 is 12.4 Å². The standard InChI is InChI=1S/C17H16N2O2.ClH/c1-3-15-14(5-6-19-15)7-12(1)9-18-10-13-2-4-16-17(8-13)21-11-20-16;/h1-8,18-19H,9-11H2;1H. The van der Waals surface area contributed by atoms with Gasteiger partial charge < -0.3 is 19.8 Å². The Labute approximate surface area is 134 Å². The van der Waals surface area contributed by atoms with Crippen LogP contribution in [0.4, 0.5) is 0 Å². The first-order chi connectivity index (χ1) is 10.4. The van der Waals surface area contributed by atoms with Crippen LogP contribution in [-0.2, 0) is 13.1 Å². The first kappa shape index (κ1) is 14.8. The number of aromatic nitrogens is 1. The van der Waals surface area contributed by atoms with Gasteiger partial charge in [0.15, 0.2) is 11.5 Å². The Morgan fingerprint density at radius 2 is 1.68 bits per heavy atom. The fourth-order valence-corrected chi connectivity index (χ4v) is 2.61. The van der Waals surface area contributed by atoms with Gasteiger partial charge in [-0.05, 0) is 46.8 Å². The average Bonchev–Trinajstić information content (AvgIpc) is 3.14. The van der Waals surface area contributed by atoms with Crippen LogP contribution in [0.15, 0.2) is 48.7 Å². The van der Waals surface area contributed by atoms with Crippen LogP contribution in [0.1, 0.15) is 11.1 Å². The normalized spacial score (nSPS) is 12.4. The third-order valence-corrected chi connectivity index (χ3v) is 3.71. The van der Waals surface area contributed by atoms with Gasteiger partial charge in [0.25, 0.3) is 0 Å². The Kier molecular flexibility index (Phi) is 4.22. The number of aromatic amines is 1. The van der Waals surface area contributed by atoms with Gasteiger partial charge in [-0.3, -0.25) is 0 Å². The summed E-state index contributed by atoms with van der Waals surface area (Å²) in [5.41, 5.74) is 3.65. The van der Waals surface area contributed by atoms with Crippen LogP contribution in [0, 0.1) is 0 Å². The zero-order chi connectivity index (χ0) is 14.1. The number of hydrogen-bond acceptors (Lipinski definition) is 3. The molecule has 22 heavy (non-hydrogen) atoms. The molecule has 0 atom stereocenters. The zero-order valence-electron chi connectivity index (χ0n) is 12.0. The van der Waals surface area contributed by atoms with E-state index < -0.39 is 0 Å². The number of ether oxygens (including phenoxy) is 2. The molecular weight excluding hydrogens is 300 g/mol. The third-order valence-electron chi connectivity index (χ3n) is 3.71. The predicted molar refractivity (Wildman–Crippen MR) is 88.7 cm³/mol. The second kappa shape index (κ2) is 6.30. The van der Waals surface area contributed by atoms with E-state index >= 15 is 0 Å². The van der Waals surface area contributed by atoms with E-state index in [2.05, 4.69) is 40.6 Å². The van der Waals surface area contributed by atoms with Crippen LogP contribution in [0.5, 0.6) is 11.5 Å². The van der Waals surface area contributed by atoms with Crippen molar-refractivity contribution in [1.82, 2.24) is 10.3 Å². The Balaban J connectivity index is 0.00000144. The van der Waals surface area contributed by atoms with Crippen LogP contribution in [0.3, 0.4) is 0 Å². The van der Waals surface area contributed by atoms with Crippen LogP contribution in [0.2, 0.25) is 0 Å². The molecule has 4 rings (SSSR count). The molecule has 0 aliphatic carbocycles. The molecule has 0 spiro atoms. The summed E-state index contributed by atoms with van der Waals surface area (Å²) in [6, 6.07) is 14.6. The Hall–Kier alpha value is -2.17. The lowest BCUT2D eigenvalue weighted by atomic mass is 10.1. The Morgan fingerprint density at radius 3 is 2.59 bits per heavy atom. The van der Waals surface area contributed by atoms with Crippen LogP contribution in [-0.4, -0.2) is 11.8 Å². The molecule has 0 fully saturated rings. The quantitative estimate of drug-likeness (QED) is 0.773. The largest absolute Gasteiger partial charge is 0.454 e. The SMILES string of the molecule is Cl.c1cc2cc(CNCc3ccc4c(c3)OCO4)ccc2[nH]1. The topological polar surface area (TPSA) is 46.3 Å². The van der Waals surface area contributed by atoms with E-state index in [1.165, 1.54) is 22.0 Å². The van der Waals surface area contributed by atoms with Crippen molar-refractivity contribution < 1.29 is 9.47 Å². The number of benzene rings is 2. The molecule has 0 amide bonds. The molecule has 4 nitrogen and oxygen atoms in total. The minimum Gasteiger partial charge on any atom is -0.454 e. The number of rotatable bonds is 4. The van der Waals surface area contributed by atoms with Crippen molar-refractivity contribution in [3.8, 4) is 11.5 Å². The molecule has 1 aromatic heterocycles. The van der Waals surface area contributed by atoms with Gasteiger partial charge in [-0.2, -0.15) is 0 Å². The molecule has 3 aromatic rings. The van der Waals surface area contributed by atoms with Gasteiger partial charge in [0, 0.05) is 24.8 Å². The number of hydrogen-bond donors (Lipinski definition) is 2. The summed E-state index contributed by atoms with van der Waals surface area (Å²) in [4.78, 5) is 3.21. The molecule has 0 saturated heterocycles. The van der Waals surface area contributed by atoms with Crippen molar-refractivity contribution in [1.29, 1.82) is 0 Å². The number of fused-ring (bicyclic) bond motifs is 2. The Morgan fingerprint density at radius 1 is 0.909 bits per heavy atom. The van der Waals surface area contributed by atoms with E-state index in [0.29, 0.717) is 6.79 Å². The van der Waals surface area contributed by atoms with E-state index in [-0.39, 0.29) is 12.4 Å². The molecule has 114 valence electrons. The smallest absolute Gasteiger partial charge is 0.231 e. The molecule has 5 heteroatoms. The average molecular weight is 317 g/mol. The number of nitrogens with one attached hydrogen (secondary N) is 2. The second-order valence-corrected chi connectivity index (χ2v) is 5.19. The summed E-state index contributed by atoms with van der Waals surface area (Å²) in [5, 5.41) is 4.71. The summed E-state index contributed by atoms with van der Waals surface area (Å²) in [6.45, 7) is 1.97. The van der Waals surface area contributed by atoms with Gasteiger partial charge in [-0.1, -0.05) is 12.1 Å². The molecule has 0 radical (unpaired) electrons. The molecular formula is C17H17ClN2O2. The van der Waals surface area contributed by atoms with E-state index in [9.17, 15) is 0 Å². The van der Waals surface area contributed by atoms with E-state index in [1.54, 1.807) is 0 Å². The molecule has 2 heterocycles. The molecule has 0 bridgehead atoms. The number of H-pyrrole nitrogens is 1. The predicted octanol–water partition coefficient (Wildman–Crippen LogP) is 3.61. The van der Waals surface area contributed by atoms with Gasteiger partial charge in [0.2, 0.25) is 6.79 Å². The van der Waals surface area contributed by atoms with Crippen molar-refractivity contribution in [3.05, 3.63) is 59.8 Å². The number of halogens is 1. The Bertz CT molecular complexity index is 785. The molecule has 1 aliphatic heterocycles. The van der Waals surface area contributed by atoms with Crippen molar-refractivity contribution in [3.63, 3.8) is 0 Å². The van der Waals surface area contributed by atoms with Crippen molar-refractivity contribution in [2.75, 3.05) is 6.79 Å². The van der Waals surface area contributed by atoms with Gasteiger partial charge >= 0.3 is 0 Å². The summed E-state index contributed by atoms with van der Waals surface area (Å²) in [6.07, 6.45) is 1.97. The monoisotopic (exact) mass is 316 g/mol. The van der Waals surface area contributed by atoms with Crippen molar-refractivity contribution in [2.45, 2.75) is 13.1 Å². The van der Waals surface area contributed by atoms with Crippen LogP contribution in [0.25, 0.3) is 10.9 Å². The lowest BCUT2D eigenvalue weighted by molar-refractivity contribution is 0.174. The summed E-state index contributed by atoms with van der Waals surface area (Å²) in [5.74, 6) is 1.67. The van der Waals surface area contributed by atoms with Crippen LogP contribution < -0.4 is 14.8 Å². The first-order valence-electron chi connectivity index (χ1n) is 7.04. The van der Waals surface area contributed by atoms with Gasteiger partial charge in [-0.25, -0.2) is 0 Å². The maximum absolute atomic E-state index is 5.39. The lowest BCUT2D eigenvalue weighted by Gasteiger charge is -2.06. The van der Waals surface area contributed by atoms with Crippen molar-refractivity contribution >= 4 is 23.3 Å². The highest BCUT2D eigenvalue weighted by Gasteiger charge is 2.12. The lowest BCUT2D eigenvalue weighted by Crippen LogP contribution is -2.12. The zero-order valence-corrected chi connectivity index (χ0v) is 12.8. The first-order valence-corrected chi connectivity index (χ1v) is 7.04. The molecule has 2 N–H and O–H groups in total. The highest BCUT2D eigenvalue weighted by atomic mass is 35.5. The molecule has 0 saturated carbocycles. The molecule has 0 unspecified atom stereocenters. The maximum atomic E-state index is 5.39. The molecule has 1 aliphatic rings. The highest BCUT2D eigenvalue weighted by Crippen LogP contribution is 2.32. The highest BCUT2D eigenvalue weighted by molar-refractivity contribution is 5.85. The fraction of sp³-hybridized carbons (Fsp3) is 0.176. The minimum absolute atomic E-state index is 0. The third kappa shape index (κ3) is 2.89.